The van der Waals surface area contributed by atoms with E-state index in [9.17, 15) is 5.11 Å². The second kappa shape index (κ2) is 5.31. The van der Waals surface area contributed by atoms with E-state index in [0.29, 0.717) is 18.1 Å². The van der Waals surface area contributed by atoms with Crippen LogP contribution in [0, 0.1) is 5.92 Å². The third-order valence-corrected chi connectivity index (χ3v) is 4.05. The number of hydrogen-bond donors (Lipinski definition) is 1. The minimum Gasteiger partial charge on any atom is -0.393 e. The molecule has 2 aliphatic rings. The highest BCUT2D eigenvalue weighted by molar-refractivity contribution is 4.77. The Kier molecular flexibility index (Phi) is 4.04. The van der Waals surface area contributed by atoms with Crippen LogP contribution >= 0.6 is 0 Å². The molecule has 2 fully saturated rings. The van der Waals surface area contributed by atoms with Gasteiger partial charge in [-0.05, 0) is 51.4 Å². The van der Waals surface area contributed by atoms with Gasteiger partial charge in [0, 0.05) is 0 Å². The predicted octanol–water partition coefficient (Wildman–Crippen LogP) is 2.89. The molecule has 0 amide bonds. The van der Waals surface area contributed by atoms with Gasteiger partial charge in [-0.25, -0.2) is 0 Å². The molecule has 0 aromatic carbocycles. The van der Waals surface area contributed by atoms with E-state index in [1.54, 1.807) is 0 Å². The maximum atomic E-state index is 10.0. The van der Waals surface area contributed by atoms with Crippen LogP contribution in [-0.2, 0) is 4.74 Å². The predicted molar refractivity (Wildman–Crippen MR) is 60.8 cm³/mol. The van der Waals surface area contributed by atoms with Crippen molar-refractivity contribution in [3.8, 4) is 0 Å². The number of hydrogen-bond acceptors (Lipinski definition) is 2. The molecule has 0 bridgehead atoms. The minimum atomic E-state index is -0.0630. The van der Waals surface area contributed by atoms with E-state index < -0.39 is 0 Å². The molecule has 1 heterocycles. The van der Waals surface area contributed by atoms with Crippen LogP contribution in [0.4, 0.5) is 0 Å². The van der Waals surface area contributed by atoms with Crippen molar-refractivity contribution in [3.05, 3.63) is 0 Å². The molecule has 0 spiro atoms. The van der Waals surface area contributed by atoms with E-state index in [1.807, 2.05) is 0 Å². The molecule has 1 aliphatic heterocycles. The van der Waals surface area contributed by atoms with Crippen LogP contribution in [0.2, 0.25) is 0 Å². The molecular weight excluding hydrogens is 188 g/mol. The Hall–Kier alpha value is -0.0800. The summed E-state index contributed by atoms with van der Waals surface area (Å²) in [6.07, 6.45) is 10.3. The highest BCUT2D eigenvalue weighted by Crippen LogP contribution is 2.31. The topological polar surface area (TPSA) is 29.5 Å². The van der Waals surface area contributed by atoms with Gasteiger partial charge in [-0.1, -0.05) is 12.8 Å². The first-order chi connectivity index (χ1) is 7.25. The third kappa shape index (κ3) is 3.18. The summed E-state index contributed by atoms with van der Waals surface area (Å²) in [6.45, 7) is 2.15. The van der Waals surface area contributed by atoms with E-state index in [-0.39, 0.29) is 6.10 Å². The van der Waals surface area contributed by atoms with Crippen molar-refractivity contribution in [2.45, 2.75) is 76.6 Å². The van der Waals surface area contributed by atoms with Gasteiger partial charge in [0.05, 0.1) is 18.3 Å². The zero-order valence-corrected chi connectivity index (χ0v) is 9.82. The zero-order valence-electron chi connectivity index (χ0n) is 9.82. The molecule has 2 heteroatoms. The Labute approximate surface area is 93.0 Å². The lowest BCUT2D eigenvalue weighted by molar-refractivity contribution is 0.0306. The van der Waals surface area contributed by atoms with Crippen molar-refractivity contribution >= 4 is 0 Å². The molecule has 88 valence electrons. The molecule has 0 aromatic rings. The number of aliphatic hydroxyl groups excluding tert-OH is 1. The molecule has 3 atom stereocenters. The van der Waals surface area contributed by atoms with E-state index >= 15 is 0 Å². The van der Waals surface area contributed by atoms with Crippen molar-refractivity contribution < 1.29 is 9.84 Å². The van der Waals surface area contributed by atoms with Gasteiger partial charge in [0.15, 0.2) is 0 Å². The monoisotopic (exact) mass is 212 g/mol. The SMILES string of the molecule is CC1CCC(CCC(O)C2CCCC2)O1. The molecule has 0 aromatic heterocycles. The number of rotatable bonds is 4. The van der Waals surface area contributed by atoms with Crippen molar-refractivity contribution in [2.24, 2.45) is 5.92 Å². The van der Waals surface area contributed by atoms with Crippen molar-refractivity contribution in [3.63, 3.8) is 0 Å². The number of ether oxygens (including phenoxy) is 1. The second-order valence-corrected chi connectivity index (χ2v) is 5.34. The van der Waals surface area contributed by atoms with E-state index in [0.717, 1.165) is 12.8 Å². The molecule has 2 nitrogen and oxygen atoms in total. The van der Waals surface area contributed by atoms with Gasteiger partial charge in [0.2, 0.25) is 0 Å². The fourth-order valence-electron chi connectivity index (χ4n) is 3.03. The molecule has 1 N–H and O–H groups in total. The maximum absolute atomic E-state index is 10.0. The standard InChI is InChI=1S/C13H24O2/c1-10-6-7-12(15-10)8-9-13(14)11-4-2-3-5-11/h10-14H,2-9H2,1H3. The summed E-state index contributed by atoms with van der Waals surface area (Å²) in [4.78, 5) is 0. The summed E-state index contributed by atoms with van der Waals surface area (Å²) in [5.41, 5.74) is 0. The lowest BCUT2D eigenvalue weighted by atomic mass is 9.95. The number of aliphatic hydroxyl groups is 1. The zero-order chi connectivity index (χ0) is 10.7. The van der Waals surface area contributed by atoms with Crippen molar-refractivity contribution in [2.75, 3.05) is 0 Å². The fraction of sp³-hybridized carbons (Fsp3) is 1.00. The molecule has 1 aliphatic carbocycles. The molecule has 1 saturated carbocycles. The Balaban J connectivity index is 1.64. The largest absolute Gasteiger partial charge is 0.393 e. The smallest absolute Gasteiger partial charge is 0.0580 e. The molecule has 1 saturated heterocycles. The van der Waals surface area contributed by atoms with Crippen LogP contribution in [0.15, 0.2) is 0 Å². The van der Waals surface area contributed by atoms with Gasteiger partial charge >= 0.3 is 0 Å². The molecule has 15 heavy (non-hydrogen) atoms. The van der Waals surface area contributed by atoms with E-state index in [1.165, 1.54) is 38.5 Å². The summed E-state index contributed by atoms with van der Waals surface area (Å²) in [6, 6.07) is 0. The van der Waals surface area contributed by atoms with Gasteiger partial charge < -0.3 is 9.84 Å². The van der Waals surface area contributed by atoms with Gasteiger partial charge in [0.25, 0.3) is 0 Å². The van der Waals surface area contributed by atoms with Crippen LogP contribution in [0.3, 0.4) is 0 Å². The van der Waals surface area contributed by atoms with Gasteiger partial charge in [0.1, 0.15) is 0 Å². The van der Waals surface area contributed by atoms with Gasteiger partial charge in [-0.2, -0.15) is 0 Å². The first-order valence-electron chi connectivity index (χ1n) is 6.59. The Bertz CT molecular complexity index is 187. The van der Waals surface area contributed by atoms with E-state index in [2.05, 4.69) is 6.92 Å². The summed E-state index contributed by atoms with van der Waals surface area (Å²) in [5.74, 6) is 0.587. The van der Waals surface area contributed by atoms with Crippen LogP contribution < -0.4 is 0 Å². The normalized spacial score (nSPS) is 34.8. The fourth-order valence-corrected chi connectivity index (χ4v) is 3.03. The first-order valence-corrected chi connectivity index (χ1v) is 6.59. The summed E-state index contributed by atoms with van der Waals surface area (Å²) in [7, 11) is 0. The average molecular weight is 212 g/mol. The molecule has 3 unspecified atom stereocenters. The molecule has 2 rings (SSSR count). The van der Waals surface area contributed by atoms with Gasteiger partial charge in [-0.3, -0.25) is 0 Å². The van der Waals surface area contributed by atoms with Crippen LogP contribution in [-0.4, -0.2) is 23.4 Å². The van der Waals surface area contributed by atoms with Crippen LogP contribution in [0.25, 0.3) is 0 Å². The molecular formula is C13H24O2. The van der Waals surface area contributed by atoms with E-state index in [4.69, 9.17) is 4.74 Å². The van der Waals surface area contributed by atoms with Crippen LogP contribution in [0.1, 0.15) is 58.3 Å². The highest BCUT2D eigenvalue weighted by Gasteiger charge is 2.26. The third-order valence-electron chi connectivity index (χ3n) is 4.05. The summed E-state index contributed by atoms with van der Waals surface area (Å²) in [5, 5.41) is 10.0. The summed E-state index contributed by atoms with van der Waals surface area (Å²) >= 11 is 0. The molecule has 0 radical (unpaired) electrons. The Morgan fingerprint density at radius 3 is 2.53 bits per heavy atom. The Morgan fingerprint density at radius 2 is 1.93 bits per heavy atom. The van der Waals surface area contributed by atoms with Gasteiger partial charge in [-0.15, -0.1) is 0 Å². The lowest BCUT2D eigenvalue weighted by Crippen LogP contribution is -2.20. The first kappa shape index (κ1) is 11.4. The average Bonchev–Trinajstić information content (AvgIpc) is 2.84. The van der Waals surface area contributed by atoms with Crippen LogP contribution in [0.5, 0.6) is 0 Å². The minimum absolute atomic E-state index is 0.0630. The lowest BCUT2D eigenvalue weighted by Gasteiger charge is -2.19. The Morgan fingerprint density at radius 1 is 1.20 bits per heavy atom. The van der Waals surface area contributed by atoms with Crippen molar-refractivity contribution in [1.29, 1.82) is 0 Å². The van der Waals surface area contributed by atoms with Crippen molar-refractivity contribution in [1.82, 2.24) is 0 Å². The quantitative estimate of drug-likeness (QED) is 0.776. The maximum Gasteiger partial charge on any atom is 0.0580 e. The second-order valence-electron chi connectivity index (χ2n) is 5.34. The highest BCUT2D eigenvalue weighted by atomic mass is 16.5. The summed E-state index contributed by atoms with van der Waals surface area (Å²) < 4.78 is 5.76.